The molecule has 0 aliphatic carbocycles. The maximum Gasteiger partial charge on any atom is 0.145 e. The maximum absolute atomic E-state index is 4.23. The Morgan fingerprint density at radius 2 is 1.92 bits per heavy atom. The molecule has 1 aromatic heterocycles. The summed E-state index contributed by atoms with van der Waals surface area (Å²) in [6, 6.07) is 2.58. The molecule has 0 fully saturated rings. The van der Waals surface area contributed by atoms with E-state index in [1.165, 1.54) is 0 Å². The van der Waals surface area contributed by atoms with Crippen LogP contribution in [-0.4, -0.2) is 16.0 Å². The van der Waals surface area contributed by atoms with Crippen molar-refractivity contribution in [3.63, 3.8) is 0 Å². The molecular formula is C10H17N3. The van der Waals surface area contributed by atoms with Crippen LogP contribution in [0, 0.1) is 0 Å². The normalized spacial score (nSPS) is 13.2. The molecule has 3 nitrogen and oxygen atoms in total. The molecule has 13 heavy (non-hydrogen) atoms. The molecule has 0 bridgehead atoms. The average Bonchev–Trinajstić information content (AvgIpc) is 2.15. The molecule has 1 N–H and O–H groups in total. The number of nitrogens with one attached hydrogen (secondary N) is 1. The summed E-state index contributed by atoms with van der Waals surface area (Å²) in [5.41, 5.74) is 0. The van der Waals surface area contributed by atoms with Crippen molar-refractivity contribution in [1.29, 1.82) is 0 Å². The van der Waals surface area contributed by atoms with E-state index in [4.69, 9.17) is 0 Å². The minimum absolute atomic E-state index is 0.279. The monoisotopic (exact) mass is 179 g/mol. The van der Waals surface area contributed by atoms with Crippen molar-refractivity contribution in [2.45, 2.75) is 39.3 Å². The van der Waals surface area contributed by atoms with Gasteiger partial charge in [0.2, 0.25) is 0 Å². The van der Waals surface area contributed by atoms with Crippen LogP contribution < -0.4 is 5.32 Å². The summed E-state index contributed by atoms with van der Waals surface area (Å²) >= 11 is 0. The Bertz CT molecular complexity index is 233. The maximum atomic E-state index is 4.23. The average molecular weight is 179 g/mol. The zero-order chi connectivity index (χ0) is 9.68. The van der Waals surface area contributed by atoms with E-state index in [0.717, 1.165) is 12.2 Å². The van der Waals surface area contributed by atoms with Gasteiger partial charge in [-0.25, -0.2) is 9.97 Å². The molecule has 1 unspecified atom stereocenters. The Morgan fingerprint density at radius 3 is 2.38 bits per heavy atom. The van der Waals surface area contributed by atoms with E-state index in [2.05, 4.69) is 36.1 Å². The summed E-state index contributed by atoms with van der Waals surface area (Å²) in [5.74, 6) is 0.888. The highest BCUT2D eigenvalue weighted by molar-refractivity contribution is 4.95. The number of nitrogens with zero attached hydrogens (tertiary/aromatic N) is 2. The van der Waals surface area contributed by atoms with Crippen LogP contribution >= 0.6 is 0 Å². The number of hydrogen-bond donors (Lipinski definition) is 1. The van der Waals surface area contributed by atoms with Crippen molar-refractivity contribution in [2.75, 3.05) is 0 Å². The van der Waals surface area contributed by atoms with E-state index in [9.17, 15) is 0 Å². The van der Waals surface area contributed by atoms with Gasteiger partial charge in [-0.2, -0.15) is 0 Å². The largest absolute Gasteiger partial charge is 0.305 e. The third-order valence-electron chi connectivity index (χ3n) is 1.84. The fourth-order valence-electron chi connectivity index (χ4n) is 1.27. The molecule has 1 rings (SSSR count). The third kappa shape index (κ3) is 3.11. The van der Waals surface area contributed by atoms with Crippen LogP contribution in [0.5, 0.6) is 0 Å². The van der Waals surface area contributed by atoms with Crippen molar-refractivity contribution >= 4 is 0 Å². The van der Waals surface area contributed by atoms with Gasteiger partial charge in [0.1, 0.15) is 5.82 Å². The predicted octanol–water partition coefficient (Wildman–Crippen LogP) is 1.93. The zero-order valence-corrected chi connectivity index (χ0v) is 8.49. The molecule has 0 aliphatic heterocycles. The van der Waals surface area contributed by atoms with Crippen molar-refractivity contribution in [3.05, 3.63) is 24.3 Å². The molecule has 0 amide bonds. The summed E-state index contributed by atoms with van der Waals surface area (Å²) in [4.78, 5) is 8.46. The van der Waals surface area contributed by atoms with E-state index >= 15 is 0 Å². The van der Waals surface area contributed by atoms with Gasteiger partial charge in [0.05, 0.1) is 6.04 Å². The molecule has 0 saturated heterocycles. The van der Waals surface area contributed by atoms with E-state index in [1.807, 2.05) is 6.07 Å². The van der Waals surface area contributed by atoms with Crippen molar-refractivity contribution in [1.82, 2.24) is 15.3 Å². The van der Waals surface area contributed by atoms with Gasteiger partial charge in [-0.05, 0) is 12.5 Å². The fourth-order valence-corrected chi connectivity index (χ4v) is 1.27. The first-order valence-corrected chi connectivity index (χ1v) is 4.77. The van der Waals surface area contributed by atoms with Crippen LogP contribution in [0.2, 0.25) is 0 Å². The van der Waals surface area contributed by atoms with Gasteiger partial charge in [-0.3, -0.25) is 0 Å². The van der Waals surface area contributed by atoms with Gasteiger partial charge in [0.15, 0.2) is 0 Å². The molecule has 3 heteroatoms. The van der Waals surface area contributed by atoms with Crippen molar-refractivity contribution < 1.29 is 0 Å². The third-order valence-corrected chi connectivity index (χ3v) is 1.84. The zero-order valence-electron chi connectivity index (χ0n) is 8.49. The molecule has 1 aromatic rings. The summed E-state index contributed by atoms with van der Waals surface area (Å²) in [5, 5.41) is 3.42. The molecular weight excluding hydrogens is 162 g/mol. The topological polar surface area (TPSA) is 37.8 Å². The second kappa shape index (κ2) is 4.92. The molecule has 0 radical (unpaired) electrons. The second-order valence-electron chi connectivity index (χ2n) is 3.39. The van der Waals surface area contributed by atoms with Crippen LogP contribution in [0.3, 0.4) is 0 Å². The highest BCUT2D eigenvalue weighted by Gasteiger charge is 2.11. The summed E-state index contributed by atoms with van der Waals surface area (Å²) in [6.07, 6.45) is 4.59. The highest BCUT2D eigenvalue weighted by Crippen LogP contribution is 2.11. The van der Waals surface area contributed by atoms with Crippen LogP contribution in [0.1, 0.15) is 39.1 Å². The fraction of sp³-hybridized carbons (Fsp3) is 0.600. The van der Waals surface area contributed by atoms with E-state index in [-0.39, 0.29) is 6.04 Å². The van der Waals surface area contributed by atoms with Crippen LogP contribution in [-0.2, 0) is 0 Å². The Balaban J connectivity index is 2.67. The van der Waals surface area contributed by atoms with E-state index in [1.54, 1.807) is 12.4 Å². The summed E-state index contributed by atoms with van der Waals surface area (Å²) in [6.45, 7) is 6.40. The van der Waals surface area contributed by atoms with E-state index < -0.39 is 0 Å². The standard InChI is InChI=1S/C10H17N3/c1-4-9(13-8(2)3)10-11-6-5-7-12-10/h5-9,13H,4H2,1-3H3. The first-order chi connectivity index (χ1) is 6.24. The van der Waals surface area contributed by atoms with Crippen LogP contribution in [0.25, 0.3) is 0 Å². The molecule has 0 aliphatic rings. The van der Waals surface area contributed by atoms with Gasteiger partial charge in [0.25, 0.3) is 0 Å². The van der Waals surface area contributed by atoms with Gasteiger partial charge in [0, 0.05) is 18.4 Å². The molecule has 72 valence electrons. The molecule has 1 atom stereocenters. The van der Waals surface area contributed by atoms with E-state index in [0.29, 0.717) is 6.04 Å². The molecule has 1 heterocycles. The highest BCUT2D eigenvalue weighted by atomic mass is 15.0. The Labute approximate surface area is 79.6 Å². The SMILES string of the molecule is CCC(NC(C)C)c1ncccn1. The smallest absolute Gasteiger partial charge is 0.145 e. The second-order valence-corrected chi connectivity index (χ2v) is 3.39. The Hall–Kier alpha value is -0.960. The number of hydrogen-bond acceptors (Lipinski definition) is 3. The van der Waals surface area contributed by atoms with Gasteiger partial charge in [-0.1, -0.05) is 20.8 Å². The van der Waals surface area contributed by atoms with Gasteiger partial charge >= 0.3 is 0 Å². The predicted molar refractivity (Wildman–Crippen MR) is 53.3 cm³/mol. The summed E-state index contributed by atoms with van der Waals surface area (Å²) in [7, 11) is 0. The lowest BCUT2D eigenvalue weighted by Crippen LogP contribution is -2.28. The number of aromatic nitrogens is 2. The van der Waals surface area contributed by atoms with Gasteiger partial charge < -0.3 is 5.32 Å². The Morgan fingerprint density at radius 1 is 1.31 bits per heavy atom. The minimum atomic E-state index is 0.279. The minimum Gasteiger partial charge on any atom is -0.305 e. The first kappa shape index (κ1) is 10.1. The molecule has 0 saturated carbocycles. The lowest BCUT2D eigenvalue weighted by atomic mass is 10.2. The summed E-state index contributed by atoms with van der Waals surface area (Å²) < 4.78 is 0. The van der Waals surface area contributed by atoms with Crippen molar-refractivity contribution in [2.24, 2.45) is 0 Å². The molecule has 0 spiro atoms. The van der Waals surface area contributed by atoms with Gasteiger partial charge in [-0.15, -0.1) is 0 Å². The Kier molecular flexibility index (Phi) is 3.83. The van der Waals surface area contributed by atoms with Crippen molar-refractivity contribution in [3.8, 4) is 0 Å². The lowest BCUT2D eigenvalue weighted by Gasteiger charge is -2.17. The van der Waals surface area contributed by atoms with Crippen LogP contribution in [0.15, 0.2) is 18.5 Å². The van der Waals surface area contributed by atoms with Crippen LogP contribution in [0.4, 0.5) is 0 Å². The molecule has 0 aromatic carbocycles. The lowest BCUT2D eigenvalue weighted by molar-refractivity contribution is 0.447. The first-order valence-electron chi connectivity index (χ1n) is 4.77. The number of rotatable bonds is 4. The quantitative estimate of drug-likeness (QED) is 0.767.